The summed E-state index contributed by atoms with van der Waals surface area (Å²) in [7, 11) is 0. The molecule has 0 spiro atoms. The molecule has 0 saturated carbocycles. The smallest absolute Gasteiger partial charge is 0.333 e. The van der Waals surface area contributed by atoms with Gasteiger partial charge in [0.25, 0.3) is 0 Å². The maximum absolute atomic E-state index is 11.6. The van der Waals surface area contributed by atoms with E-state index in [0.717, 1.165) is 5.00 Å². The van der Waals surface area contributed by atoms with Gasteiger partial charge in [0.05, 0.1) is 5.00 Å². The first-order chi connectivity index (χ1) is 8.19. The quantitative estimate of drug-likeness (QED) is 0.827. The minimum Gasteiger partial charge on any atom is -0.333 e. The van der Waals surface area contributed by atoms with Crippen LogP contribution >= 0.6 is 11.3 Å². The number of carbonyl (C=O) groups is 2. The number of aliphatic imine (C=N–C) groups is 1. The molecule has 2 rings (SSSR count). The minimum atomic E-state index is -0.483. The Labute approximate surface area is 102 Å². The van der Waals surface area contributed by atoms with Crippen molar-refractivity contribution in [2.24, 2.45) is 4.99 Å². The average Bonchev–Trinajstić information content (AvgIpc) is 2.88. The first-order valence-corrected chi connectivity index (χ1v) is 6.05. The molecule has 0 bridgehead atoms. The highest BCUT2D eigenvalue weighted by Gasteiger charge is 2.24. The third kappa shape index (κ3) is 2.82. The average molecular weight is 252 g/mol. The summed E-state index contributed by atoms with van der Waals surface area (Å²) in [5, 5.41) is 7.76. The molecule has 2 heterocycles. The molecule has 1 saturated heterocycles. The van der Waals surface area contributed by atoms with E-state index in [9.17, 15) is 9.59 Å². The molecule has 1 aliphatic heterocycles. The van der Waals surface area contributed by atoms with E-state index in [1.165, 1.54) is 11.3 Å². The van der Waals surface area contributed by atoms with Gasteiger partial charge in [-0.05, 0) is 24.4 Å². The molecule has 1 aliphatic rings. The summed E-state index contributed by atoms with van der Waals surface area (Å²) in [4.78, 5) is 28.2. The van der Waals surface area contributed by atoms with Gasteiger partial charge in [-0.15, -0.1) is 11.3 Å². The van der Waals surface area contributed by atoms with E-state index in [-0.39, 0.29) is 12.5 Å². The molecule has 90 valence electrons. The van der Waals surface area contributed by atoms with Crippen LogP contribution in [-0.2, 0) is 4.79 Å². The Morgan fingerprint density at radius 2 is 2.53 bits per heavy atom. The van der Waals surface area contributed by atoms with Gasteiger partial charge in [-0.2, -0.15) is 4.99 Å². The highest BCUT2D eigenvalue weighted by atomic mass is 32.1. The second-order valence-corrected chi connectivity index (χ2v) is 4.35. The van der Waals surface area contributed by atoms with Crippen LogP contribution in [0.15, 0.2) is 22.5 Å². The Morgan fingerprint density at radius 1 is 1.71 bits per heavy atom. The van der Waals surface area contributed by atoms with E-state index in [1.54, 1.807) is 11.0 Å². The summed E-state index contributed by atoms with van der Waals surface area (Å²) >= 11 is 1.41. The van der Waals surface area contributed by atoms with E-state index in [0.29, 0.717) is 12.5 Å². The highest BCUT2D eigenvalue weighted by molar-refractivity contribution is 7.14. The summed E-state index contributed by atoms with van der Waals surface area (Å²) < 4.78 is 0. The van der Waals surface area contributed by atoms with Crippen LogP contribution in [0.1, 0.15) is 6.92 Å². The topological polar surface area (TPSA) is 73.8 Å². The number of likely N-dealkylation sites (N-methyl/N-ethyl adjacent to an activating group) is 1. The van der Waals surface area contributed by atoms with Crippen molar-refractivity contribution in [2.45, 2.75) is 6.92 Å². The number of thiophene rings is 1. The fraction of sp³-hybridized carbons (Fsp3) is 0.300. The lowest BCUT2D eigenvalue weighted by molar-refractivity contribution is -0.118. The van der Waals surface area contributed by atoms with E-state index in [4.69, 9.17) is 0 Å². The van der Waals surface area contributed by atoms with Crippen molar-refractivity contribution in [3.05, 3.63) is 17.5 Å². The molecule has 1 fully saturated rings. The van der Waals surface area contributed by atoms with Crippen molar-refractivity contribution in [1.82, 2.24) is 10.2 Å². The molecule has 0 aliphatic carbocycles. The monoisotopic (exact) mass is 252 g/mol. The number of anilines is 1. The Balaban J connectivity index is 2.03. The summed E-state index contributed by atoms with van der Waals surface area (Å²) in [5.74, 6) is 0.168. The highest BCUT2D eigenvalue weighted by Crippen LogP contribution is 2.15. The number of hydrogen-bond donors (Lipinski definition) is 2. The van der Waals surface area contributed by atoms with Crippen molar-refractivity contribution in [3.8, 4) is 0 Å². The van der Waals surface area contributed by atoms with Crippen molar-refractivity contribution in [3.63, 3.8) is 0 Å². The Morgan fingerprint density at radius 3 is 3.18 bits per heavy atom. The lowest BCUT2D eigenvalue weighted by atomic mass is 10.5. The van der Waals surface area contributed by atoms with E-state index >= 15 is 0 Å². The SMILES string of the molecule is CCN1CC(=O)N/C1=N/C(=O)Nc1cccs1. The first-order valence-electron chi connectivity index (χ1n) is 5.17. The molecule has 7 heteroatoms. The number of carbonyl (C=O) groups excluding carboxylic acids is 2. The molecule has 0 aromatic carbocycles. The van der Waals surface area contributed by atoms with Gasteiger partial charge in [0, 0.05) is 6.54 Å². The third-order valence-corrected chi connectivity index (χ3v) is 3.01. The van der Waals surface area contributed by atoms with E-state index in [1.807, 2.05) is 18.4 Å². The maximum Gasteiger partial charge on any atom is 0.349 e. The molecule has 0 radical (unpaired) electrons. The Bertz CT molecular complexity index is 455. The molecule has 0 atom stereocenters. The van der Waals surface area contributed by atoms with Crippen LogP contribution in [0.5, 0.6) is 0 Å². The van der Waals surface area contributed by atoms with Crippen molar-refractivity contribution in [2.75, 3.05) is 18.4 Å². The summed E-state index contributed by atoms with van der Waals surface area (Å²) in [6, 6.07) is 3.14. The minimum absolute atomic E-state index is 0.144. The number of nitrogens with zero attached hydrogens (tertiary/aromatic N) is 2. The van der Waals surface area contributed by atoms with Gasteiger partial charge in [-0.25, -0.2) is 4.79 Å². The summed E-state index contributed by atoms with van der Waals surface area (Å²) in [5.41, 5.74) is 0. The predicted molar refractivity (Wildman–Crippen MR) is 66.2 cm³/mol. The molecular weight excluding hydrogens is 240 g/mol. The zero-order valence-electron chi connectivity index (χ0n) is 9.27. The zero-order valence-corrected chi connectivity index (χ0v) is 10.1. The van der Waals surface area contributed by atoms with Gasteiger partial charge >= 0.3 is 6.03 Å². The molecule has 2 N–H and O–H groups in total. The van der Waals surface area contributed by atoms with E-state index < -0.39 is 6.03 Å². The van der Waals surface area contributed by atoms with Gasteiger partial charge < -0.3 is 4.90 Å². The van der Waals surface area contributed by atoms with Crippen LogP contribution in [-0.4, -0.2) is 35.9 Å². The van der Waals surface area contributed by atoms with Crippen molar-refractivity contribution < 1.29 is 9.59 Å². The first kappa shape index (κ1) is 11.6. The van der Waals surface area contributed by atoms with Crippen LogP contribution in [0, 0.1) is 0 Å². The number of amides is 3. The van der Waals surface area contributed by atoms with Crippen molar-refractivity contribution >= 4 is 34.2 Å². The molecule has 1 aromatic heterocycles. The predicted octanol–water partition coefficient (Wildman–Crippen LogP) is 1.09. The fourth-order valence-corrected chi connectivity index (χ4v) is 2.04. The van der Waals surface area contributed by atoms with E-state index in [2.05, 4.69) is 15.6 Å². The standard InChI is InChI=1S/C10H12N4O2S/c1-2-14-6-7(15)11-9(14)13-10(16)12-8-4-3-5-17-8/h3-5H,2,6H2,1H3,(H2,11,12,13,15,16). The molecule has 3 amide bonds. The van der Waals surface area contributed by atoms with Crippen LogP contribution < -0.4 is 10.6 Å². The lowest BCUT2D eigenvalue weighted by Crippen LogP contribution is -2.31. The van der Waals surface area contributed by atoms with Crippen molar-refractivity contribution in [1.29, 1.82) is 0 Å². The zero-order chi connectivity index (χ0) is 12.3. The van der Waals surface area contributed by atoms with Gasteiger partial charge in [0.15, 0.2) is 0 Å². The van der Waals surface area contributed by atoms with Crippen LogP contribution in [0.2, 0.25) is 0 Å². The normalized spacial score (nSPS) is 17.4. The number of urea groups is 1. The molecule has 1 aromatic rings. The van der Waals surface area contributed by atoms with Crippen LogP contribution in [0.4, 0.5) is 9.80 Å². The van der Waals surface area contributed by atoms with Gasteiger partial charge in [-0.1, -0.05) is 0 Å². The third-order valence-electron chi connectivity index (χ3n) is 2.23. The van der Waals surface area contributed by atoms with Crippen LogP contribution in [0.25, 0.3) is 0 Å². The van der Waals surface area contributed by atoms with Gasteiger partial charge in [0.1, 0.15) is 6.54 Å². The number of guanidine groups is 1. The van der Waals surface area contributed by atoms with Gasteiger partial charge in [-0.3, -0.25) is 15.4 Å². The summed E-state index contributed by atoms with van der Waals surface area (Å²) in [6.45, 7) is 2.78. The Hall–Kier alpha value is -1.89. The fourth-order valence-electron chi connectivity index (χ4n) is 1.43. The lowest BCUT2D eigenvalue weighted by Gasteiger charge is -2.12. The van der Waals surface area contributed by atoms with Crippen LogP contribution in [0.3, 0.4) is 0 Å². The maximum atomic E-state index is 11.6. The Kier molecular flexibility index (Phi) is 3.38. The molecular formula is C10H12N4O2S. The molecule has 0 unspecified atom stereocenters. The second kappa shape index (κ2) is 4.96. The molecule has 17 heavy (non-hydrogen) atoms. The summed E-state index contributed by atoms with van der Waals surface area (Å²) in [6.07, 6.45) is 0. The second-order valence-electron chi connectivity index (χ2n) is 3.41. The number of nitrogens with one attached hydrogen (secondary N) is 2. The number of rotatable bonds is 2. The largest absolute Gasteiger partial charge is 0.349 e. The molecule has 6 nitrogen and oxygen atoms in total. The number of hydrogen-bond acceptors (Lipinski definition) is 3. The van der Waals surface area contributed by atoms with Gasteiger partial charge in [0.2, 0.25) is 11.9 Å².